The lowest BCUT2D eigenvalue weighted by molar-refractivity contribution is -0.140. The third-order valence-corrected chi connectivity index (χ3v) is 4.23. The molecule has 15 nitrogen and oxygen atoms in total. The Labute approximate surface area is 196 Å². The quantitative estimate of drug-likeness (QED) is 0.0909. The summed E-state index contributed by atoms with van der Waals surface area (Å²) in [5, 5.41) is 36.3. The average Bonchev–Trinajstić information content (AvgIpc) is 2.76. The van der Waals surface area contributed by atoms with Gasteiger partial charge in [-0.1, -0.05) is 0 Å². The number of carboxylic acid groups (broad SMARTS) is 3. The summed E-state index contributed by atoms with van der Waals surface area (Å²) >= 11 is 0. The van der Waals surface area contributed by atoms with E-state index in [9.17, 15) is 29.1 Å². The highest BCUT2D eigenvalue weighted by molar-refractivity contribution is 5.86. The Morgan fingerprint density at radius 3 is 1.82 bits per heavy atom. The van der Waals surface area contributed by atoms with Gasteiger partial charge in [0.25, 0.3) is 0 Å². The van der Waals surface area contributed by atoms with Crippen molar-refractivity contribution in [1.29, 1.82) is 0 Å². The predicted molar refractivity (Wildman–Crippen MR) is 117 cm³/mol. The summed E-state index contributed by atoms with van der Waals surface area (Å²) in [6, 6.07) is -4.19. The van der Waals surface area contributed by atoms with Crippen LogP contribution in [0.2, 0.25) is 0 Å². The first-order valence-electron chi connectivity index (χ1n) is 10.8. The molecule has 0 aliphatic rings. The van der Waals surface area contributed by atoms with Crippen molar-refractivity contribution in [1.82, 2.24) is 21.3 Å². The molecule has 34 heavy (non-hydrogen) atoms. The Morgan fingerprint density at radius 1 is 0.706 bits per heavy atom. The number of nitrogens with one attached hydrogen (secondary N) is 4. The molecule has 0 rings (SSSR count). The Hall–Kier alpha value is -3.17. The van der Waals surface area contributed by atoms with Crippen molar-refractivity contribution in [3.8, 4) is 0 Å². The number of aliphatic carboxylic acids is 3. The lowest BCUT2D eigenvalue weighted by Crippen LogP contribution is -2.51. The van der Waals surface area contributed by atoms with Crippen LogP contribution >= 0.6 is 0 Å². The minimum absolute atomic E-state index is 0.0407. The molecule has 0 aliphatic carbocycles. The van der Waals surface area contributed by atoms with Crippen LogP contribution in [0.3, 0.4) is 0 Å². The summed E-state index contributed by atoms with van der Waals surface area (Å²) in [4.78, 5) is 56.6. The van der Waals surface area contributed by atoms with E-state index in [0.717, 1.165) is 0 Å². The number of urea groups is 2. The lowest BCUT2D eigenvalue weighted by atomic mass is 10.1. The van der Waals surface area contributed by atoms with Gasteiger partial charge in [-0.05, 0) is 25.7 Å². The van der Waals surface area contributed by atoms with Crippen molar-refractivity contribution in [3.05, 3.63) is 0 Å². The molecule has 0 unspecified atom stereocenters. The first-order valence-corrected chi connectivity index (χ1v) is 10.8. The normalized spacial score (nSPS) is 12.3. The van der Waals surface area contributed by atoms with E-state index in [1.165, 1.54) is 0 Å². The Bertz CT molecular complexity index is 649. The number of hydrogen-bond acceptors (Lipinski definition) is 8. The van der Waals surface area contributed by atoms with Crippen molar-refractivity contribution in [2.24, 2.45) is 5.73 Å². The van der Waals surface area contributed by atoms with E-state index < -0.39 is 48.5 Å². The van der Waals surface area contributed by atoms with E-state index in [1.807, 2.05) is 0 Å². The van der Waals surface area contributed by atoms with Gasteiger partial charge in [0.05, 0.1) is 26.4 Å². The van der Waals surface area contributed by atoms with Crippen molar-refractivity contribution in [3.63, 3.8) is 0 Å². The van der Waals surface area contributed by atoms with E-state index in [4.69, 9.17) is 25.4 Å². The van der Waals surface area contributed by atoms with E-state index >= 15 is 0 Å². The minimum atomic E-state index is -1.47. The molecule has 0 aromatic heterocycles. The van der Waals surface area contributed by atoms with Crippen LogP contribution in [0.25, 0.3) is 0 Å². The zero-order valence-corrected chi connectivity index (χ0v) is 18.9. The second kappa shape index (κ2) is 19.3. The maximum absolute atomic E-state index is 11.9. The maximum atomic E-state index is 11.9. The van der Waals surface area contributed by atoms with Crippen LogP contribution in [0.4, 0.5) is 9.59 Å². The fourth-order valence-corrected chi connectivity index (χ4v) is 2.52. The number of amides is 4. The molecule has 0 heterocycles. The molecule has 0 fully saturated rings. The molecule has 0 spiro atoms. The van der Waals surface area contributed by atoms with Gasteiger partial charge in [0.2, 0.25) is 0 Å². The molecule has 0 saturated heterocycles. The third kappa shape index (κ3) is 17.4. The van der Waals surface area contributed by atoms with Crippen molar-refractivity contribution >= 4 is 30.0 Å². The van der Waals surface area contributed by atoms with Gasteiger partial charge in [-0.2, -0.15) is 0 Å². The first kappa shape index (κ1) is 30.8. The van der Waals surface area contributed by atoms with Gasteiger partial charge in [0, 0.05) is 26.1 Å². The molecule has 15 heteroatoms. The minimum Gasteiger partial charge on any atom is -0.481 e. The molecule has 0 aromatic rings. The topological polar surface area (TPSA) is 239 Å². The maximum Gasteiger partial charge on any atom is 0.326 e. The number of carbonyl (C=O) groups is 5. The predicted octanol–water partition coefficient (Wildman–Crippen LogP) is -1.48. The summed E-state index contributed by atoms with van der Waals surface area (Å²) in [6.07, 6.45) is 0.00589. The molecule has 0 radical (unpaired) electrons. The summed E-state index contributed by atoms with van der Waals surface area (Å²) in [5.74, 6) is -3.97. The van der Waals surface area contributed by atoms with Gasteiger partial charge < -0.3 is 51.8 Å². The van der Waals surface area contributed by atoms with Gasteiger partial charge in [0.1, 0.15) is 12.1 Å². The number of ether oxygens (including phenoxy) is 2. The standard InChI is InChI=1S/C19H35N5O10/c20-6-9-33-11-12-34-10-8-22-18(31)21-7-2-1-3-13(16(27)28)23-19(32)24-14(17(29)30)4-5-15(25)26/h13-14H,1-12,20H2,(H,25,26)(H,27,28)(H,29,30)(H2,21,22,31)(H2,23,24,32)/t13-,14-/m0/s1. The Morgan fingerprint density at radius 2 is 1.26 bits per heavy atom. The molecule has 0 aromatic carbocycles. The SMILES string of the molecule is NCCOCCOCCNC(=O)NCCCC[C@H](NC(=O)N[C@@H](CCC(=O)O)C(=O)O)C(=O)O. The summed E-state index contributed by atoms with van der Waals surface area (Å²) < 4.78 is 10.4. The highest BCUT2D eigenvalue weighted by Gasteiger charge is 2.24. The van der Waals surface area contributed by atoms with Gasteiger partial charge in [-0.25, -0.2) is 19.2 Å². The molecule has 0 aliphatic heterocycles. The lowest BCUT2D eigenvalue weighted by Gasteiger charge is -2.18. The molecular formula is C19H35N5O10. The van der Waals surface area contributed by atoms with Crippen LogP contribution in [-0.4, -0.2) is 103 Å². The summed E-state index contributed by atoms with van der Waals surface area (Å²) in [6.45, 7) is 2.59. The summed E-state index contributed by atoms with van der Waals surface area (Å²) in [7, 11) is 0. The van der Waals surface area contributed by atoms with Crippen LogP contribution in [0.15, 0.2) is 0 Å². The Balaban J connectivity index is 4.06. The third-order valence-electron chi connectivity index (χ3n) is 4.23. The number of carbonyl (C=O) groups excluding carboxylic acids is 2. The fourth-order valence-electron chi connectivity index (χ4n) is 2.52. The highest BCUT2D eigenvalue weighted by atomic mass is 16.5. The fraction of sp³-hybridized carbons (Fsp3) is 0.737. The zero-order chi connectivity index (χ0) is 25.8. The van der Waals surface area contributed by atoms with Gasteiger partial charge in [0.15, 0.2) is 0 Å². The van der Waals surface area contributed by atoms with Crippen LogP contribution in [0.1, 0.15) is 32.1 Å². The number of nitrogens with two attached hydrogens (primary N) is 1. The highest BCUT2D eigenvalue weighted by Crippen LogP contribution is 2.03. The smallest absolute Gasteiger partial charge is 0.326 e. The molecule has 0 bridgehead atoms. The second-order valence-corrected chi connectivity index (χ2v) is 7.02. The van der Waals surface area contributed by atoms with Crippen LogP contribution in [0.5, 0.6) is 0 Å². The molecule has 9 N–H and O–H groups in total. The molecule has 4 amide bonds. The summed E-state index contributed by atoms with van der Waals surface area (Å²) in [5.41, 5.74) is 5.27. The molecule has 0 saturated carbocycles. The first-order chi connectivity index (χ1) is 16.2. The zero-order valence-electron chi connectivity index (χ0n) is 18.9. The van der Waals surface area contributed by atoms with Gasteiger partial charge in [-0.3, -0.25) is 4.79 Å². The van der Waals surface area contributed by atoms with Crippen LogP contribution in [-0.2, 0) is 23.9 Å². The second-order valence-electron chi connectivity index (χ2n) is 7.02. The van der Waals surface area contributed by atoms with Crippen molar-refractivity contribution < 1.29 is 48.8 Å². The molecule has 2 atom stereocenters. The number of carboxylic acids is 3. The molecular weight excluding hydrogens is 458 g/mol. The largest absolute Gasteiger partial charge is 0.481 e. The van der Waals surface area contributed by atoms with Gasteiger partial charge in [-0.15, -0.1) is 0 Å². The average molecular weight is 494 g/mol. The van der Waals surface area contributed by atoms with E-state index in [-0.39, 0.29) is 19.4 Å². The van der Waals surface area contributed by atoms with E-state index in [1.54, 1.807) is 0 Å². The van der Waals surface area contributed by atoms with Crippen molar-refractivity contribution in [2.45, 2.75) is 44.2 Å². The van der Waals surface area contributed by atoms with Crippen LogP contribution < -0.4 is 27.0 Å². The van der Waals surface area contributed by atoms with Crippen molar-refractivity contribution in [2.75, 3.05) is 46.1 Å². The van der Waals surface area contributed by atoms with Crippen LogP contribution in [0, 0.1) is 0 Å². The molecule has 196 valence electrons. The number of unbranched alkanes of at least 4 members (excludes halogenated alkanes) is 1. The monoisotopic (exact) mass is 493 g/mol. The number of hydrogen-bond donors (Lipinski definition) is 8. The van der Waals surface area contributed by atoms with E-state index in [2.05, 4.69) is 21.3 Å². The Kier molecular flexibility index (Phi) is 17.5. The van der Waals surface area contributed by atoms with E-state index in [0.29, 0.717) is 52.4 Å². The number of rotatable bonds is 20. The van der Waals surface area contributed by atoms with Gasteiger partial charge >= 0.3 is 30.0 Å².